The van der Waals surface area contributed by atoms with Crippen LogP contribution in [-0.2, 0) is 11.2 Å². The molecule has 0 aliphatic carbocycles. The van der Waals surface area contributed by atoms with Crippen molar-refractivity contribution in [3.63, 3.8) is 0 Å². The van der Waals surface area contributed by atoms with Crippen molar-refractivity contribution in [3.8, 4) is 0 Å². The molecule has 0 aromatic heterocycles. The fourth-order valence-corrected chi connectivity index (χ4v) is 1.49. The van der Waals surface area contributed by atoms with Crippen molar-refractivity contribution < 1.29 is 9.90 Å². The maximum absolute atomic E-state index is 10.6. The summed E-state index contributed by atoms with van der Waals surface area (Å²) in [4.78, 5) is 18.9. The van der Waals surface area contributed by atoms with Gasteiger partial charge in [-0.1, -0.05) is 6.07 Å². The van der Waals surface area contributed by atoms with Gasteiger partial charge in [-0.3, -0.25) is 14.8 Å². The number of carbonyl (C=O) groups is 1. The maximum Gasteiger partial charge on any atom is 0.320 e. The lowest BCUT2D eigenvalue weighted by Gasteiger charge is -2.05. The highest BCUT2D eigenvalue weighted by Gasteiger charge is 2.12. The van der Waals surface area contributed by atoms with Crippen LogP contribution in [0.25, 0.3) is 0 Å². The van der Waals surface area contributed by atoms with Crippen LogP contribution in [0, 0.1) is 0 Å². The normalized spacial score (nSPS) is 15.0. The van der Waals surface area contributed by atoms with Crippen LogP contribution in [0.15, 0.2) is 28.2 Å². The van der Waals surface area contributed by atoms with Gasteiger partial charge >= 0.3 is 5.97 Å². The Labute approximate surface area is 86.0 Å². The summed E-state index contributed by atoms with van der Waals surface area (Å²) in [6.45, 7) is 0.462. The van der Waals surface area contributed by atoms with Crippen LogP contribution in [0.3, 0.4) is 0 Å². The zero-order valence-electron chi connectivity index (χ0n) is 8.05. The van der Waals surface area contributed by atoms with Gasteiger partial charge in [0.2, 0.25) is 0 Å². The Bertz CT molecular complexity index is 510. The molecule has 0 bridgehead atoms. The molecular formula is C10H11N3O2. The number of aliphatic carboxylic acids is 1. The molecule has 78 valence electrons. The van der Waals surface area contributed by atoms with Crippen molar-refractivity contribution in [2.24, 2.45) is 15.7 Å². The molecule has 5 nitrogen and oxygen atoms in total. The molecule has 3 N–H and O–H groups in total. The van der Waals surface area contributed by atoms with Crippen molar-refractivity contribution in [2.75, 3.05) is 6.67 Å². The predicted octanol–water partition coefficient (Wildman–Crippen LogP) is -1.15. The Morgan fingerprint density at radius 2 is 2.20 bits per heavy atom. The first-order chi connectivity index (χ1) is 7.16. The molecule has 0 radical (unpaired) electrons. The molecule has 0 saturated heterocycles. The van der Waals surface area contributed by atoms with Gasteiger partial charge in [-0.15, -0.1) is 0 Å². The van der Waals surface area contributed by atoms with Crippen molar-refractivity contribution in [1.82, 2.24) is 0 Å². The van der Waals surface area contributed by atoms with Crippen LogP contribution in [0.5, 0.6) is 0 Å². The van der Waals surface area contributed by atoms with E-state index in [4.69, 9.17) is 10.8 Å². The Balaban J connectivity index is 2.25. The van der Waals surface area contributed by atoms with Crippen LogP contribution < -0.4 is 16.4 Å². The molecule has 1 aromatic carbocycles. The van der Waals surface area contributed by atoms with E-state index >= 15 is 0 Å². The molecule has 0 saturated carbocycles. The second kappa shape index (κ2) is 3.78. The topological polar surface area (TPSA) is 88.0 Å². The third kappa shape index (κ3) is 2.02. The molecule has 0 spiro atoms. The van der Waals surface area contributed by atoms with E-state index in [2.05, 4.69) is 9.98 Å². The van der Waals surface area contributed by atoms with Crippen LogP contribution in [-0.4, -0.2) is 23.8 Å². The summed E-state index contributed by atoms with van der Waals surface area (Å²) in [5.41, 5.74) is 6.32. The largest absolute Gasteiger partial charge is 0.480 e. The number of carboxylic acids is 1. The van der Waals surface area contributed by atoms with Gasteiger partial charge in [0.1, 0.15) is 12.7 Å². The Morgan fingerprint density at radius 3 is 2.93 bits per heavy atom. The van der Waals surface area contributed by atoms with Crippen LogP contribution >= 0.6 is 0 Å². The van der Waals surface area contributed by atoms with Crippen LogP contribution in [0.2, 0.25) is 0 Å². The van der Waals surface area contributed by atoms with Crippen molar-refractivity contribution in [3.05, 3.63) is 34.5 Å². The molecule has 15 heavy (non-hydrogen) atoms. The predicted molar refractivity (Wildman–Crippen MR) is 52.9 cm³/mol. The number of nitrogens with zero attached hydrogens (tertiary/aromatic N) is 2. The molecule has 0 amide bonds. The zero-order chi connectivity index (χ0) is 10.8. The van der Waals surface area contributed by atoms with E-state index in [1.807, 2.05) is 18.2 Å². The van der Waals surface area contributed by atoms with Gasteiger partial charge < -0.3 is 10.8 Å². The maximum atomic E-state index is 10.6. The highest BCUT2D eigenvalue weighted by molar-refractivity contribution is 5.73. The molecular weight excluding hydrogens is 194 g/mol. The summed E-state index contributed by atoms with van der Waals surface area (Å²) in [6.07, 6.45) is 0.318. The van der Waals surface area contributed by atoms with Crippen molar-refractivity contribution in [2.45, 2.75) is 12.5 Å². The van der Waals surface area contributed by atoms with E-state index in [0.29, 0.717) is 13.1 Å². The first-order valence-electron chi connectivity index (χ1n) is 4.63. The van der Waals surface area contributed by atoms with Crippen LogP contribution in [0.4, 0.5) is 0 Å². The van der Waals surface area contributed by atoms with E-state index in [0.717, 1.165) is 16.3 Å². The number of hydrogen-bond donors (Lipinski definition) is 2. The van der Waals surface area contributed by atoms with Gasteiger partial charge in [0, 0.05) is 0 Å². The van der Waals surface area contributed by atoms with Crippen molar-refractivity contribution in [1.29, 1.82) is 0 Å². The summed E-state index contributed by atoms with van der Waals surface area (Å²) in [5.74, 6) is -0.989. The van der Waals surface area contributed by atoms with E-state index in [-0.39, 0.29) is 0 Å². The highest BCUT2D eigenvalue weighted by atomic mass is 16.4. The van der Waals surface area contributed by atoms with Gasteiger partial charge in [-0.25, -0.2) is 0 Å². The van der Waals surface area contributed by atoms with E-state index in [1.165, 1.54) is 0 Å². The lowest BCUT2D eigenvalue weighted by molar-refractivity contribution is -0.138. The number of fused-ring (bicyclic) bond motifs is 1. The average molecular weight is 205 g/mol. The molecule has 1 aliphatic rings. The molecule has 1 atom stereocenters. The molecule has 1 heterocycles. The quantitative estimate of drug-likeness (QED) is 0.653. The number of nitrogens with two attached hydrogens (primary N) is 1. The van der Waals surface area contributed by atoms with Gasteiger partial charge in [0.05, 0.1) is 10.7 Å². The third-order valence-corrected chi connectivity index (χ3v) is 2.29. The number of rotatable bonds is 3. The standard InChI is InChI=1S/C10H11N3O2/c11-7(10(14)15)3-6-1-2-8-9(4-6)13-5-12-8/h1-2,4,7H,3,5,11H2,(H,14,15)/t7-/m0/s1. The third-order valence-electron chi connectivity index (χ3n) is 2.29. The highest BCUT2D eigenvalue weighted by Crippen LogP contribution is 1.98. The average Bonchev–Trinajstić information content (AvgIpc) is 2.64. The zero-order valence-corrected chi connectivity index (χ0v) is 8.05. The Morgan fingerprint density at radius 1 is 1.47 bits per heavy atom. The molecule has 0 unspecified atom stereocenters. The number of benzene rings is 1. The molecule has 2 rings (SSSR count). The summed E-state index contributed by atoms with van der Waals surface area (Å²) < 4.78 is 0. The molecule has 5 heteroatoms. The second-order valence-electron chi connectivity index (χ2n) is 3.43. The molecule has 1 aromatic rings. The smallest absolute Gasteiger partial charge is 0.320 e. The lowest BCUT2D eigenvalue weighted by atomic mass is 10.1. The first-order valence-corrected chi connectivity index (χ1v) is 4.63. The minimum Gasteiger partial charge on any atom is -0.480 e. The summed E-state index contributed by atoms with van der Waals surface area (Å²) in [7, 11) is 0. The van der Waals surface area contributed by atoms with E-state index in [9.17, 15) is 4.79 Å². The molecule has 1 aliphatic heterocycles. The monoisotopic (exact) mass is 205 g/mol. The van der Waals surface area contributed by atoms with E-state index < -0.39 is 12.0 Å². The summed E-state index contributed by atoms with van der Waals surface area (Å²) in [6, 6.07) is 4.66. The van der Waals surface area contributed by atoms with Gasteiger partial charge in [-0.05, 0) is 24.1 Å². The lowest BCUT2D eigenvalue weighted by Crippen LogP contribution is -2.33. The summed E-state index contributed by atoms with van der Waals surface area (Å²) in [5, 5.41) is 10.4. The van der Waals surface area contributed by atoms with Gasteiger partial charge in [-0.2, -0.15) is 0 Å². The van der Waals surface area contributed by atoms with Crippen LogP contribution in [0.1, 0.15) is 5.56 Å². The minimum absolute atomic E-state index is 0.318. The van der Waals surface area contributed by atoms with Gasteiger partial charge in [0.25, 0.3) is 0 Å². The summed E-state index contributed by atoms with van der Waals surface area (Å²) >= 11 is 0. The fraction of sp³-hybridized carbons (Fsp3) is 0.300. The Kier molecular flexibility index (Phi) is 2.47. The number of carboxylic acid groups (broad SMARTS) is 1. The second-order valence-corrected chi connectivity index (χ2v) is 3.43. The molecule has 0 fully saturated rings. The van der Waals surface area contributed by atoms with Crippen molar-refractivity contribution >= 4 is 5.97 Å². The SMILES string of the molecule is N[C@@H](Cc1ccc2c(c1)=NCN=2)C(=O)O. The fourth-order valence-electron chi connectivity index (χ4n) is 1.49. The van der Waals surface area contributed by atoms with E-state index in [1.54, 1.807) is 0 Å². The van der Waals surface area contributed by atoms with Gasteiger partial charge in [0.15, 0.2) is 0 Å². The first kappa shape index (κ1) is 9.79. The number of hydrogen-bond acceptors (Lipinski definition) is 4. The minimum atomic E-state index is -0.989. The Hall–Kier alpha value is -1.75.